The number of likely N-dealkylation sites (N-methyl/N-ethyl adjacent to an activating group) is 1. The Bertz CT molecular complexity index is 670. The Labute approximate surface area is 121 Å². The molecule has 2 rings (SSSR count). The van der Waals surface area contributed by atoms with Crippen LogP contribution in [0, 0.1) is 0 Å². The van der Waals surface area contributed by atoms with Gasteiger partial charge in [-0.1, -0.05) is 12.1 Å². The van der Waals surface area contributed by atoms with E-state index in [9.17, 15) is 9.59 Å². The number of carboxylic acids is 1. The summed E-state index contributed by atoms with van der Waals surface area (Å²) in [5, 5.41) is 8.99. The van der Waals surface area contributed by atoms with E-state index in [2.05, 4.69) is 9.97 Å². The van der Waals surface area contributed by atoms with Gasteiger partial charge in [0.25, 0.3) is 0 Å². The highest BCUT2D eigenvalue weighted by Crippen LogP contribution is 2.22. The van der Waals surface area contributed by atoms with Gasteiger partial charge in [0.1, 0.15) is 6.29 Å². The van der Waals surface area contributed by atoms with Crippen LogP contribution in [0.5, 0.6) is 0 Å². The van der Waals surface area contributed by atoms with E-state index in [0.717, 1.165) is 12.0 Å². The number of nitrogens with two attached hydrogens (primary N) is 1. The van der Waals surface area contributed by atoms with Gasteiger partial charge in [0, 0.05) is 18.3 Å². The highest BCUT2D eigenvalue weighted by molar-refractivity contribution is 5.90. The highest BCUT2D eigenvalue weighted by atomic mass is 16.4. The second-order valence-electron chi connectivity index (χ2n) is 4.39. The largest absolute Gasteiger partial charge is 0.476 e. The molecule has 0 atom stereocenters. The summed E-state index contributed by atoms with van der Waals surface area (Å²) in [5.74, 6) is -1.34. The Morgan fingerprint density at radius 2 is 2.05 bits per heavy atom. The molecule has 0 spiro atoms. The van der Waals surface area contributed by atoms with E-state index in [1.165, 1.54) is 6.20 Å². The number of carboxylic acid groups (broad SMARTS) is 1. The van der Waals surface area contributed by atoms with Crippen molar-refractivity contribution in [1.29, 1.82) is 0 Å². The highest BCUT2D eigenvalue weighted by Gasteiger charge is 2.13. The number of hydrogen-bond donors (Lipinski definition) is 2. The molecule has 0 amide bonds. The van der Waals surface area contributed by atoms with Gasteiger partial charge in [-0.25, -0.2) is 14.8 Å². The summed E-state index contributed by atoms with van der Waals surface area (Å²) in [7, 11) is 1.80. The first-order valence-corrected chi connectivity index (χ1v) is 6.14. The van der Waals surface area contributed by atoms with Gasteiger partial charge in [0.15, 0.2) is 11.5 Å². The van der Waals surface area contributed by atoms with Crippen molar-refractivity contribution in [2.45, 2.75) is 0 Å². The molecular formula is C14H14N4O3. The molecule has 0 aliphatic carbocycles. The topological polar surface area (TPSA) is 109 Å². The maximum Gasteiger partial charge on any atom is 0.358 e. The molecule has 0 aliphatic rings. The van der Waals surface area contributed by atoms with Gasteiger partial charge in [-0.05, 0) is 12.1 Å². The average molecular weight is 286 g/mol. The summed E-state index contributed by atoms with van der Waals surface area (Å²) in [6, 6.07) is 7.19. The number of carbonyl (C=O) groups is 2. The number of benzene rings is 1. The fraction of sp³-hybridized carbons (Fsp3) is 0.143. The molecular weight excluding hydrogens is 272 g/mol. The zero-order chi connectivity index (χ0) is 15.4. The quantitative estimate of drug-likeness (QED) is 0.791. The van der Waals surface area contributed by atoms with Gasteiger partial charge in [-0.15, -0.1) is 0 Å². The molecule has 0 saturated carbocycles. The number of carbonyl (C=O) groups excluding carboxylic acids is 1. The van der Waals surface area contributed by atoms with Crippen molar-refractivity contribution in [3.05, 3.63) is 36.2 Å². The van der Waals surface area contributed by atoms with Gasteiger partial charge in [-0.3, -0.25) is 0 Å². The van der Waals surface area contributed by atoms with Crippen LogP contribution >= 0.6 is 0 Å². The van der Waals surface area contributed by atoms with Gasteiger partial charge in [0.2, 0.25) is 0 Å². The fourth-order valence-electron chi connectivity index (χ4n) is 1.80. The monoisotopic (exact) mass is 286 g/mol. The lowest BCUT2D eigenvalue weighted by molar-refractivity contribution is -0.106. The molecule has 1 aromatic heterocycles. The Morgan fingerprint density at radius 1 is 1.38 bits per heavy atom. The number of anilines is 2. The van der Waals surface area contributed by atoms with Gasteiger partial charge < -0.3 is 20.5 Å². The molecule has 7 heteroatoms. The molecule has 108 valence electrons. The Balaban J connectivity index is 2.32. The van der Waals surface area contributed by atoms with Crippen LogP contribution in [0.15, 0.2) is 30.5 Å². The molecule has 3 N–H and O–H groups in total. The lowest BCUT2D eigenvalue weighted by Crippen LogP contribution is -2.18. The number of aldehydes is 1. The normalized spacial score (nSPS) is 10.1. The molecule has 2 aromatic rings. The maximum atomic E-state index is 11.0. The van der Waals surface area contributed by atoms with Crippen LogP contribution in [0.1, 0.15) is 10.5 Å². The van der Waals surface area contributed by atoms with Gasteiger partial charge >= 0.3 is 5.97 Å². The van der Waals surface area contributed by atoms with Crippen molar-refractivity contribution in [3.63, 3.8) is 0 Å². The van der Waals surface area contributed by atoms with Crippen molar-refractivity contribution in [1.82, 2.24) is 9.97 Å². The maximum absolute atomic E-state index is 11.0. The summed E-state index contributed by atoms with van der Waals surface area (Å²) in [6.45, 7) is 0.296. The summed E-state index contributed by atoms with van der Waals surface area (Å²) >= 11 is 0. The summed E-state index contributed by atoms with van der Waals surface area (Å²) in [5.41, 5.74) is 7.21. The van der Waals surface area contributed by atoms with Crippen LogP contribution in [0.4, 0.5) is 11.5 Å². The molecule has 21 heavy (non-hydrogen) atoms. The number of aromatic nitrogens is 2. The first kappa shape index (κ1) is 14.4. The molecule has 7 nitrogen and oxygen atoms in total. The molecule has 0 saturated heterocycles. The number of nitrogens with zero attached hydrogens (tertiary/aromatic N) is 3. The minimum atomic E-state index is -1.22. The average Bonchev–Trinajstić information content (AvgIpc) is 2.48. The number of aromatic carboxylic acids is 1. The Hall–Kier alpha value is -2.96. The number of hydrogen-bond acceptors (Lipinski definition) is 6. The minimum Gasteiger partial charge on any atom is -0.476 e. The first-order valence-electron chi connectivity index (χ1n) is 6.14. The fourth-order valence-corrected chi connectivity index (χ4v) is 1.80. The van der Waals surface area contributed by atoms with Crippen LogP contribution in [0.25, 0.3) is 11.3 Å². The van der Waals surface area contributed by atoms with Crippen molar-refractivity contribution >= 4 is 23.8 Å². The summed E-state index contributed by atoms with van der Waals surface area (Å²) < 4.78 is 0. The zero-order valence-corrected chi connectivity index (χ0v) is 11.4. The first-order chi connectivity index (χ1) is 10.0. The van der Waals surface area contributed by atoms with E-state index in [1.54, 1.807) is 24.1 Å². The molecule has 1 heterocycles. The molecule has 1 aromatic carbocycles. The number of nitrogen functional groups attached to an aromatic ring is 1. The lowest BCUT2D eigenvalue weighted by Gasteiger charge is -2.16. The third-order valence-electron chi connectivity index (χ3n) is 2.96. The third kappa shape index (κ3) is 3.14. The zero-order valence-electron chi connectivity index (χ0n) is 11.4. The third-order valence-corrected chi connectivity index (χ3v) is 2.96. The van der Waals surface area contributed by atoms with Crippen LogP contribution in [0.3, 0.4) is 0 Å². The van der Waals surface area contributed by atoms with Crippen LogP contribution in [-0.2, 0) is 4.79 Å². The molecule has 0 fully saturated rings. The van der Waals surface area contributed by atoms with Gasteiger partial charge in [-0.2, -0.15) is 0 Å². The molecule has 0 radical (unpaired) electrons. The predicted molar refractivity (Wildman–Crippen MR) is 78.2 cm³/mol. The van der Waals surface area contributed by atoms with Crippen molar-refractivity contribution < 1.29 is 14.7 Å². The van der Waals surface area contributed by atoms with E-state index in [0.29, 0.717) is 17.8 Å². The summed E-state index contributed by atoms with van der Waals surface area (Å²) in [4.78, 5) is 31.1. The van der Waals surface area contributed by atoms with Crippen molar-refractivity contribution in [2.75, 3.05) is 24.2 Å². The van der Waals surface area contributed by atoms with E-state index < -0.39 is 5.97 Å². The van der Waals surface area contributed by atoms with Crippen LogP contribution < -0.4 is 10.6 Å². The lowest BCUT2D eigenvalue weighted by atomic mass is 10.1. The van der Waals surface area contributed by atoms with Crippen LogP contribution in [0.2, 0.25) is 0 Å². The second kappa shape index (κ2) is 6.00. The molecule has 0 aliphatic heterocycles. The molecule has 0 bridgehead atoms. The van der Waals surface area contributed by atoms with E-state index in [1.807, 2.05) is 12.1 Å². The SMILES string of the molecule is CN(CC=O)c1ccc(-c2cnc(N)c(C(=O)O)n2)cc1. The Morgan fingerprint density at radius 3 is 2.62 bits per heavy atom. The van der Waals surface area contributed by atoms with Crippen LogP contribution in [-0.4, -0.2) is 40.9 Å². The van der Waals surface area contributed by atoms with Gasteiger partial charge in [0.05, 0.1) is 18.4 Å². The second-order valence-corrected chi connectivity index (χ2v) is 4.39. The van der Waals surface area contributed by atoms with E-state index in [-0.39, 0.29) is 11.5 Å². The number of rotatable bonds is 5. The van der Waals surface area contributed by atoms with Crippen molar-refractivity contribution in [2.24, 2.45) is 0 Å². The standard InChI is InChI=1S/C14H14N4O3/c1-18(6-7-19)10-4-2-9(3-5-10)11-8-16-13(15)12(17-11)14(20)21/h2-5,7-8H,6H2,1H3,(H2,15,16)(H,20,21). The summed E-state index contributed by atoms with van der Waals surface area (Å²) in [6.07, 6.45) is 2.24. The van der Waals surface area contributed by atoms with E-state index >= 15 is 0 Å². The molecule has 0 unspecified atom stereocenters. The van der Waals surface area contributed by atoms with Crippen molar-refractivity contribution in [3.8, 4) is 11.3 Å². The minimum absolute atomic E-state index is 0.117. The smallest absolute Gasteiger partial charge is 0.358 e. The predicted octanol–water partition coefficient (Wildman–Crippen LogP) is 1.06. The van der Waals surface area contributed by atoms with E-state index in [4.69, 9.17) is 10.8 Å². The Kier molecular flexibility index (Phi) is 4.13.